The Morgan fingerprint density at radius 1 is 1.15 bits per heavy atom. The van der Waals surface area contributed by atoms with E-state index in [-0.39, 0.29) is 6.04 Å². The summed E-state index contributed by atoms with van der Waals surface area (Å²) in [6, 6.07) is 17.0. The topological polar surface area (TPSA) is 35.8 Å². The molecule has 0 radical (unpaired) electrons. The van der Waals surface area contributed by atoms with E-state index >= 15 is 0 Å². The van der Waals surface area contributed by atoms with Gasteiger partial charge in [0.2, 0.25) is 0 Å². The molecule has 0 amide bonds. The molecule has 1 unspecified atom stereocenters. The first kappa shape index (κ1) is 14.1. The lowest BCUT2D eigenvalue weighted by Gasteiger charge is -2.17. The van der Waals surface area contributed by atoms with E-state index in [1.54, 1.807) is 0 Å². The fourth-order valence-electron chi connectivity index (χ4n) is 2.30. The van der Waals surface area contributed by atoms with E-state index in [2.05, 4.69) is 49.5 Å². The van der Waals surface area contributed by atoms with Crippen molar-refractivity contribution < 1.29 is 0 Å². The molecule has 102 valence electrons. The summed E-state index contributed by atoms with van der Waals surface area (Å²) >= 11 is 0. The molecule has 0 aliphatic heterocycles. The normalized spacial score (nSPS) is 11.7. The van der Waals surface area contributed by atoms with Gasteiger partial charge in [0.15, 0.2) is 0 Å². The van der Waals surface area contributed by atoms with Crippen molar-refractivity contribution in [1.82, 2.24) is 0 Å². The van der Waals surface area contributed by atoms with Crippen molar-refractivity contribution >= 4 is 5.69 Å². The maximum Gasteiger partial charge on any atom is 0.102 e. The highest BCUT2D eigenvalue weighted by Crippen LogP contribution is 2.24. The molecule has 0 bridgehead atoms. The molecule has 2 rings (SSSR count). The molecule has 0 saturated heterocycles. The summed E-state index contributed by atoms with van der Waals surface area (Å²) < 4.78 is 0. The van der Waals surface area contributed by atoms with E-state index in [0.717, 1.165) is 23.2 Å². The van der Waals surface area contributed by atoms with Gasteiger partial charge in [-0.15, -0.1) is 0 Å². The van der Waals surface area contributed by atoms with Crippen molar-refractivity contribution in [2.45, 2.75) is 33.2 Å². The van der Waals surface area contributed by atoms with Crippen molar-refractivity contribution in [2.24, 2.45) is 0 Å². The molecular formula is C18H20N2. The summed E-state index contributed by atoms with van der Waals surface area (Å²) in [5.74, 6) is 0. The molecule has 0 heterocycles. The average Bonchev–Trinajstić information content (AvgIpc) is 2.47. The van der Waals surface area contributed by atoms with Gasteiger partial charge < -0.3 is 5.32 Å². The van der Waals surface area contributed by atoms with Crippen LogP contribution in [0.25, 0.3) is 0 Å². The van der Waals surface area contributed by atoms with Gasteiger partial charge in [0.05, 0.1) is 11.3 Å². The number of anilines is 1. The zero-order valence-corrected chi connectivity index (χ0v) is 12.3. The Bertz CT molecular complexity index is 621. The van der Waals surface area contributed by atoms with Gasteiger partial charge in [-0.2, -0.15) is 5.26 Å². The molecule has 2 nitrogen and oxygen atoms in total. The smallest absolute Gasteiger partial charge is 0.102 e. The number of rotatable bonds is 4. The maximum atomic E-state index is 9.26. The molecule has 2 aromatic carbocycles. The minimum absolute atomic E-state index is 0.176. The minimum atomic E-state index is 0.176. The lowest BCUT2D eigenvalue weighted by Crippen LogP contribution is -2.08. The first-order valence-electron chi connectivity index (χ1n) is 7.00. The molecule has 1 N–H and O–H groups in total. The summed E-state index contributed by atoms with van der Waals surface area (Å²) in [6.45, 7) is 6.23. The van der Waals surface area contributed by atoms with Crippen LogP contribution in [0.2, 0.25) is 0 Å². The number of hydrogen-bond donors (Lipinski definition) is 1. The number of nitriles is 1. The van der Waals surface area contributed by atoms with Gasteiger partial charge in [0, 0.05) is 6.04 Å². The maximum absolute atomic E-state index is 9.26. The zero-order chi connectivity index (χ0) is 14.5. The molecule has 2 heteroatoms. The van der Waals surface area contributed by atoms with Crippen LogP contribution in [0.4, 0.5) is 5.69 Å². The van der Waals surface area contributed by atoms with Crippen LogP contribution in [0, 0.1) is 18.3 Å². The molecule has 0 saturated carbocycles. The van der Waals surface area contributed by atoms with Gasteiger partial charge in [-0.1, -0.05) is 43.3 Å². The number of nitrogens with one attached hydrogen (secondary N) is 1. The quantitative estimate of drug-likeness (QED) is 0.875. The molecule has 0 spiro atoms. The van der Waals surface area contributed by atoms with Crippen molar-refractivity contribution in [3.05, 3.63) is 64.7 Å². The van der Waals surface area contributed by atoms with Crippen molar-refractivity contribution in [3.63, 3.8) is 0 Å². The van der Waals surface area contributed by atoms with Crippen LogP contribution in [0.15, 0.2) is 42.5 Å². The second kappa shape index (κ2) is 6.25. The predicted molar refractivity (Wildman–Crippen MR) is 83.8 cm³/mol. The van der Waals surface area contributed by atoms with Gasteiger partial charge in [-0.05, 0) is 43.0 Å². The van der Waals surface area contributed by atoms with Crippen LogP contribution < -0.4 is 5.32 Å². The van der Waals surface area contributed by atoms with E-state index in [0.29, 0.717) is 0 Å². The Morgan fingerprint density at radius 2 is 1.85 bits per heavy atom. The van der Waals surface area contributed by atoms with Gasteiger partial charge in [0.25, 0.3) is 0 Å². The molecule has 0 fully saturated rings. The van der Waals surface area contributed by atoms with E-state index < -0.39 is 0 Å². The van der Waals surface area contributed by atoms with Gasteiger partial charge in [0.1, 0.15) is 6.07 Å². The van der Waals surface area contributed by atoms with Gasteiger partial charge >= 0.3 is 0 Å². The minimum Gasteiger partial charge on any atom is -0.377 e. The molecule has 0 aliphatic rings. The van der Waals surface area contributed by atoms with Crippen molar-refractivity contribution in [3.8, 4) is 6.07 Å². The third-order valence-corrected chi connectivity index (χ3v) is 3.64. The second-order valence-corrected chi connectivity index (χ2v) is 5.07. The van der Waals surface area contributed by atoms with Gasteiger partial charge in [-0.25, -0.2) is 0 Å². The molecule has 0 aromatic heterocycles. The monoisotopic (exact) mass is 264 g/mol. The fraction of sp³-hybridized carbons (Fsp3) is 0.278. The highest BCUT2D eigenvalue weighted by atomic mass is 14.9. The van der Waals surface area contributed by atoms with Crippen molar-refractivity contribution in [2.75, 3.05) is 5.32 Å². The number of aryl methyl sites for hydroxylation is 2. The SMILES string of the molecule is CCc1ccc(C(C)Nc2cccc(C)c2C#N)cc1. The summed E-state index contributed by atoms with van der Waals surface area (Å²) in [4.78, 5) is 0. The number of hydrogen-bond acceptors (Lipinski definition) is 2. The van der Waals surface area contributed by atoms with E-state index in [1.807, 2.05) is 25.1 Å². The first-order valence-corrected chi connectivity index (χ1v) is 7.00. The fourth-order valence-corrected chi connectivity index (χ4v) is 2.30. The third-order valence-electron chi connectivity index (χ3n) is 3.64. The van der Waals surface area contributed by atoms with Crippen LogP contribution in [0.3, 0.4) is 0 Å². The molecule has 0 aliphatic carbocycles. The molecule has 1 atom stereocenters. The number of nitrogens with zero attached hydrogens (tertiary/aromatic N) is 1. The Hall–Kier alpha value is -2.27. The molecule has 20 heavy (non-hydrogen) atoms. The van der Waals surface area contributed by atoms with Crippen LogP contribution in [-0.2, 0) is 6.42 Å². The van der Waals surface area contributed by atoms with Crippen LogP contribution in [-0.4, -0.2) is 0 Å². The first-order chi connectivity index (χ1) is 9.65. The summed E-state index contributed by atoms with van der Waals surface area (Å²) in [7, 11) is 0. The van der Waals surface area contributed by atoms with E-state index in [4.69, 9.17) is 0 Å². The highest BCUT2D eigenvalue weighted by molar-refractivity contribution is 5.61. The standard InChI is InChI=1S/C18H20N2/c1-4-15-8-10-16(11-9-15)14(3)20-18-7-5-6-13(2)17(18)12-19/h5-11,14,20H,4H2,1-3H3. The third kappa shape index (κ3) is 3.00. The highest BCUT2D eigenvalue weighted by Gasteiger charge is 2.09. The second-order valence-electron chi connectivity index (χ2n) is 5.07. The summed E-state index contributed by atoms with van der Waals surface area (Å²) in [5, 5.41) is 12.7. The largest absolute Gasteiger partial charge is 0.377 e. The van der Waals surface area contributed by atoms with Crippen LogP contribution in [0.5, 0.6) is 0 Å². The molecule has 2 aromatic rings. The molecular weight excluding hydrogens is 244 g/mol. The summed E-state index contributed by atoms with van der Waals surface area (Å²) in [5.41, 5.74) is 5.21. The van der Waals surface area contributed by atoms with Crippen LogP contribution in [0.1, 0.15) is 42.1 Å². The van der Waals surface area contributed by atoms with Crippen molar-refractivity contribution in [1.29, 1.82) is 5.26 Å². The van der Waals surface area contributed by atoms with Crippen LogP contribution >= 0.6 is 0 Å². The lowest BCUT2D eigenvalue weighted by molar-refractivity contribution is 0.881. The summed E-state index contributed by atoms with van der Waals surface area (Å²) in [6.07, 6.45) is 1.05. The Kier molecular flexibility index (Phi) is 4.42. The number of benzene rings is 2. The Morgan fingerprint density at radius 3 is 2.45 bits per heavy atom. The van der Waals surface area contributed by atoms with E-state index in [1.165, 1.54) is 11.1 Å². The lowest BCUT2D eigenvalue weighted by atomic mass is 10.0. The van der Waals surface area contributed by atoms with E-state index in [9.17, 15) is 5.26 Å². The Balaban J connectivity index is 2.21. The van der Waals surface area contributed by atoms with Gasteiger partial charge in [-0.3, -0.25) is 0 Å². The predicted octanol–water partition coefficient (Wildman–Crippen LogP) is 4.60. The zero-order valence-electron chi connectivity index (χ0n) is 12.3. The Labute approximate surface area is 121 Å². The average molecular weight is 264 g/mol.